The van der Waals surface area contributed by atoms with Crippen LogP contribution in [0.25, 0.3) is 10.9 Å². The van der Waals surface area contributed by atoms with Crippen LogP contribution in [0.4, 0.5) is 0 Å². The molecule has 2 rings (SSSR count). The Hall–Kier alpha value is -1.52. The molecule has 4 nitrogen and oxygen atoms in total. The fraction of sp³-hybridized carbons (Fsp3) is 0.429. The third kappa shape index (κ3) is 2.66. The van der Waals surface area contributed by atoms with Crippen LogP contribution in [0.1, 0.15) is 13.8 Å². The van der Waals surface area contributed by atoms with E-state index in [4.69, 9.17) is 9.84 Å². The molecule has 98 valence electrons. The Morgan fingerprint density at radius 1 is 1.28 bits per heavy atom. The molecule has 0 aliphatic heterocycles. The first-order chi connectivity index (χ1) is 8.61. The highest BCUT2D eigenvalue weighted by atomic mass is 16.5. The number of ether oxygens (including phenoxy) is 1. The lowest BCUT2D eigenvalue weighted by Gasteiger charge is -2.12. The maximum absolute atomic E-state index is 9.50. The van der Waals surface area contributed by atoms with E-state index in [9.17, 15) is 5.11 Å². The zero-order chi connectivity index (χ0) is 13.1. The normalized spacial score (nSPS) is 13.2. The van der Waals surface area contributed by atoms with Crippen LogP contribution in [0.2, 0.25) is 0 Å². The maximum Gasteiger partial charge on any atom is 0.129 e. The van der Waals surface area contributed by atoms with Crippen molar-refractivity contribution in [1.82, 2.24) is 4.57 Å². The molecule has 2 N–H and O–H groups in total. The Balaban J connectivity index is 2.35. The summed E-state index contributed by atoms with van der Waals surface area (Å²) in [5.74, 6) is 0.847. The average Bonchev–Trinajstić information content (AvgIpc) is 2.73. The lowest BCUT2D eigenvalue weighted by molar-refractivity contribution is 0.0822. The molecule has 1 unspecified atom stereocenters. The molecule has 2 aromatic rings. The van der Waals surface area contributed by atoms with Gasteiger partial charge in [0.15, 0.2) is 0 Å². The minimum Gasteiger partial charge on any atom is -0.490 e. The van der Waals surface area contributed by atoms with Crippen molar-refractivity contribution < 1.29 is 14.9 Å². The standard InChI is InChI=1S/C14H19NO3/c1-10(2)18-14-5-3-4-13-12(14)6-7-15(13)8-11(17)9-16/h3-7,10-11,16-17H,8-9H2,1-2H3. The van der Waals surface area contributed by atoms with E-state index in [1.807, 2.05) is 48.9 Å². The van der Waals surface area contributed by atoms with E-state index in [2.05, 4.69) is 0 Å². The Morgan fingerprint density at radius 2 is 2.06 bits per heavy atom. The number of benzene rings is 1. The third-order valence-corrected chi connectivity index (χ3v) is 2.75. The number of aliphatic hydroxyl groups excluding tert-OH is 2. The Kier molecular flexibility index (Phi) is 3.89. The van der Waals surface area contributed by atoms with E-state index in [1.54, 1.807) is 0 Å². The summed E-state index contributed by atoms with van der Waals surface area (Å²) in [5.41, 5.74) is 1.00. The highest BCUT2D eigenvalue weighted by Gasteiger charge is 2.10. The zero-order valence-corrected chi connectivity index (χ0v) is 10.7. The second-order valence-electron chi connectivity index (χ2n) is 4.66. The Bertz CT molecular complexity index is 519. The van der Waals surface area contributed by atoms with Crippen molar-refractivity contribution in [3.8, 4) is 5.75 Å². The Morgan fingerprint density at radius 3 is 2.72 bits per heavy atom. The molecule has 4 heteroatoms. The molecule has 18 heavy (non-hydrogen) atoms. The van der Waals surface area contributed by atoms with Gasteiger partial charge in [-0.3, -0.25) is 0 Å². The summed E-state index contributed by atoms with van der Waals surface area (Å²) < 4.78 is 7.67. The molecule has 0 radical (unpaired) electrons. The highest BCUT2D eigenvalue weighted by molar-refractivity contribution is 5.86. The minimum absolute atomic E-state index is 0.127. The first-order valence-corrected chi connectivity index (χ1v) is 6.15. The van der Waals surface area contributed by atoms with Crippen molar-refractivity contribution in [3.05, 3.63) is 30.5 Å². The van der Waals surface area contributed by atoms with Gasteiger partial charge >= 0.3 is 0 Å². The van der Waals surface area contributed by atoms with Gasteiger partial charge in [0, 0.05) is 11.6 Å². The fourth-order valence-corrected chi connectivity index (χ4v) is 2.00. The Labute approximate surface area is 106 Å². The largest absolute Gasteiger partial charge is 0.490 e. The summed E-state index contributed by atoms with van der Waals surface area (Å²) in [4.78, 5) is 0. The number of hydrogen-bond acceptors (Lipinski definition) is 3. The number of fused-ring (bicyclic) bond motifs is 1. The van der Waals surface area contributed by atoms with E-state index in [1.165, 1.54) is 0 Å². The van der Waals surface area contributed by atoms with Gasteiger partial charge in [-0.1, -0.05) is 6.07 Å². The van der Waals surface area contributed by atoms with Crippen LogP contribution in [0.5, 0.6) is 5.75 Å². The van der Waals surface area contributed by atoms with Crippen LogP contribution < -0.4 is 4.74 Å². The smallest absolute Gasteiger partial charge is 0.129 e. The van der Waals surface area contributed by atoms with Crippen LogP contribution in [0.3, 0.4) is 0 Å². The number of aromatic nitrogens is 1. The van der Waals surface area contributed by atoms with Crippen molar-refractivity contribution in [1.29, 1.82) is 0 Å². The molecule has 1 aromatic heterocycles. The van der Waals surface area contributed by atoms with Gasteiger partial charge in [0.1, 0.15) is 5.75 Å². The first-order valence-electron chi connectivity index (χ1n) is 6.15. The van der Waals surface area contributed by atoms with Gasteiger partial charge in [-0.2, -0.15) is 0 Å². The van der Waals surface area contributed by atoms with Gasteiger partial charge in [-0.25, -0.2) is 0 Å². The van der Waals surface area contributed by atoms with E-state index in [0.29, 0.717) is 6.54 Å². The summed E-state index contributed by atoms with van der Waals surface area (Å²) >= 11 is 0. The number of rotatable bonds is 5. The lowest BCUT2D eigenvalue weighted by atomic mass is 10.2. The van der Waals surface area contributed by atoms with Crippen molar-refractivity contribution in [2.75, 3.05) is 6.61 Å². The molecule has 1 atom stereocenters. The average molecular weight is 249 g/mol. The molecular weight excluding hydrogens is 230 g/mol. The van der Waals surface area contributed by atoms with Gasteiger partial charge < -0.3 is 19.5 Å². The maximum atomic E-state index is 9.50. The second-order valence-corrected chi connectivity index (χ2v) is 4.66. The summed E-state index contributed by atoms with van der Waals surface area (Å²) in [6.45, 7) is 4.13. The summed E-state index contributed by atoms with van der Waals surface area (Å²) in [6.07, 6.45) is 1.29. The van der Waals surface area contributed by atoms with Gasteiger partial charge in [-0.05, 0) is 32.0 Å². The fourth-order valence-electron chi connectivity index (χ4n) is 2.00. The van der Waals surface area contributed by atoms with Crippen molar-refractivity contribution in [3.63, 3.8) is 0 Å². The highest BCUT2D eigenvalue weighted by Crippen LogP contribution is 2.27. The quantitative estimate of drug-likeness (QED) is 0.849. The lowest BCUT2D eigenvalue weighted by Crippen LogP contribution is -2.19. The van der Waals surface area contributed by atoms with Crippen LogP contribution in [-0.4, -0.2) is 33.6 Å². The number of nitrogens with zero attached hydrogens (tertiary/aromatic N) is 1. The van der Waals surface area contributed by atoms with Crippen molar-refractivity contribution in [2.24, 2.45) is 0 Å². The predicted molar refractivity (Wildman–Crippen MR) is 70.8 cm³/mol. The van der Waals surface area contributed by atoms with Crippen LogP contribution in [0.15, 0.2) is 30.5 Å². The molecule has 0 saturated heterocycles. The summed E-state index contributed by atoms with van der Waals surface area (Å²) in [5, 5.41) is 19.4. The summed E-state index contributed by atoms with van der Waals surface area (Å²) in [7, 11) is 0. The molecule has 0 fully saturated rings. The number of aliphatic hydroxyl groups is 2. The van der Waals surface area contributed by atoms with Crippen LogP contribution in [-0.2, 0) is 6.54 Å². The van der Waals surface area contributed by atoms with Gasteiger partial charge in [0.05, 0.1) is 30.9 Å². The molecule has 0 saturated carbocycles. The van der Waals surface area contributed by atoms with Crippen LogP contribution in [0, 0.1) is 0 Å². The van der Waals surface area contributed by atoms with E-state index in [-0.39, 0.29) is 12.7 Å². The summed E-state index contributed by atoms with van der Waals surface area (Å²) in [6, 6.07) is 7.82. The zero-order valence-electron chi connectivity index (χ0n) is 10.7. The third-order valence-electron chi connectivity index (χ3n) is 2.75. The number of hydrogen-bond donors (Lipinski definition) is 2. The van der Waals surface area contributed by atoms with E-state index in [0.717, 1.165) is 16.7 Å². The topological polar surface area (TPSA) is 54.6 Å². The SMILES string of the molecule is CC(C)Oc1cccc2c1ccn2CC(O)CO. The molecule has 1 aromatic carbocycles. The van der Waals surface area contributed by atoms with Gasteiger partial charge in [0.2, 0.25) is 0 Å². The molecule has 0 aliphatic rings. The van der Waals surface area contributed by atoms with E-state index >= 15 is 0 Å². The molecule has 0 amide bonds. The molecule has 1 heterocycles. The predicted octanol–water partition coefficient (Wildman–Crippen LogP) is 1.78. The van der Waals surface area contributed by atoms with Crippen LogP contribution >= 0.6 is 0 Å². The van der Waals surface area contributed by atoms with Gasteiger partial charge in [0.25, 0.3) is 0 Å². The van der Waals surface area contributed by atoms with E-state index < -0.39 is 6.10 Å². The van der Waals surface area contributed by atoms with Gasteiger partial charge in [-0.15, -0.1) is 0 Å². The molecule has 0 spiro atoms. The first kappa shape index (κ1) is 12.9. The monoisotopic (exact) mass is 249 g/mol. The molecule has 0 aliphatic carbocycles. The second kappa shape index (κ2) is 5.42. The minimum atomic E-state index is -0.740. The van der Waals surface area contributed by atoms with Crippen molar-refractivity contribution in [2.45, 2.75) is 32.6 Å². The molecule has 0 bridgehead atoms. The molecular formula is C14H19NO3. The van der Waals surface area contributed by atoms with Crippen molar-refractivity contribution >= 4 is 10.9 Å².